The molecule has 3 rings (SSSR count). The number of hydrogen-bond donors (Lipinski definition) is 0. The molecule has 0 N–H and O–H groups in total. The van der Waals surface area contributed by atoms with Gasteiger partial charge in [0.1, 0.15) is 11.6 Å². The summed E-state index contributed by atoms with van der Waals surface area (Å²) in [5.41, 5.74) is 0.665. The molecular formula is C17H19F2N3O. The average molecular weight is 319 g/mol. The molecule has 0 spiro atoms. The van der Waals surface area contributed by atoms with Gasteiger partial charge in [-0.05, 0) is 37.1 Å². The van der Waals surface area contributed by atoms with Crippen LogP contribution in [0.15, 0.2) is 36.8 Å². The van der Waals surface area contributed by atoms with Crippen LogP contribution in [0.3, 0.4) is 0 Å². The van der Waals surface area contributed by atoms with Crippen LogP contribution in [0.25, 0.3) is 0 Å². The van der Waals surface area contributed by atoms with Crippen molar-refractivity contribution in [3.05, 3.63) is 54.0 Å². The number of rotatable bonds is 5. The molecule has 0 bridgehead atoms. The lowest BCUT2D eigenvalue weighted by Crippen LogP contribution is -2.37. The fraction of sp³-hybridized carbons (Fsp3) is 0.412. The Morgan fingerprint density at radius 3 is 2.74 bits per heavy atom. The lowest BCUT2D eigenvalue weighted by Gasteiger charge is -2.32. The monoisotopic (exact) mass is 319 g/mol. The first kappa shape index (κ1) is 15.8. The molecule has 1 aliphatic rings. The SMILES string of the molecule is Fc1cc(F)cc(CN2CCCC(COc3cnccn3)C2)c1. The smallest absolute Gasteiger partial charge is 0.232 e. The zero-order valence-electron chi connectivity index (χ0n) is 12.8. The Bertz CT molecular complexity index is 619. The minimum Gasteiger partial charge on any atom is -0.476 e. The van der Waals surface area contributed by atoms with Crippen molar-refractivity contribution in [3.63, 3.8) is 0 Å². The Kier molecular flexibility index (Phi) is 5.12. The largest absolute Gasteiger partial charge is 0.476 e. The first-order chi connectivity index (χ1) is 11.2. The maximum atomic E-state index is 13.3. The van der Waals surface area contributed by atoms with E-state index in [0.29, 0.717) is 30.5 Å². The van der Waals surface area contributed by atoms with E-state index in [-0.39, 0.29) is 0 Å². The molecule has 2 heterocycles. The molecule has 0 amide bonds. The van der Waals surface area contributed by atoms with Crippen LogP contribution >= 0.6 is 0 Å². The maximum Gasteiger partial charge on any atom is 0.232 e. The molecule has 2 aromatic rings. The molecule has 1 saturated heterocycles. The molecule has 0 aliphatic carbocycles. The summed E-state index contributed by atoms with van der Waals surface area (Å²) < 4.78 is 32.2. The Balaban J connectivity index is 1.53. The second kappa shape index (κ2) is 7.46. The van der Waals surface area contributed by atoms with Crippen LogP contribution < -0.4 is 4.74 Å². The van der Waals surface area contributed by atoms with Crippen LogP contribution in [0.4, 0.5) is 8.78 Å². The Morgan fingerprint density at radius 1 is 1.17 bits per heavy atom. The van der Waals surface area contributed by atoms with E-state index in [0.717, 1.165) is 32.0 Å². The summed E-state index contributed by atoms with van der Waals surface area (Å²) in [6.45, 7) is 2.90. The van der Waals surface area contributed by atoms with Crippen molar-refractivity contribution >= 4 is 0 Å². The fourth-order valence-electron chi connectivity index (χ4n) is 2.95. The number of benzene rings is 1. The van der Waals surface area contributed by atoms with Gasteiger partial charge in [0, 0.05) is 37.5 Å². The summed E-state index contributed by atoms with van der Waals surface area (Å²) in [5, 5.41) is 0. The lowest BCUT2D eigenvalue weighted by molar-refractivity contribution is 0.122. The van der Waals surface area contributed by atoms with Gasteiger partial charge in [0.05, 0.1) is 12.8 Å². The molecule has 1 aromatic heterocycles. The van der Waals surface area contributed by atoms with Crippen LogP contribution in [-0.2, 0) is 6.54 Å². The van der Waals surface area contributed by atoms with Gasteiger partial charge >= 0.3 is 0 Å². The van der Waals surface area contributed by atoms with Gasteiger partial charge in [-0.15, -0.1) is 0 Å². The van der Waals surface area contributed by atoms with Crippen LogP contribution in [0.1, 0.15) is 18.4 Å². The third-order valence-electron chi connectivity index (χ3n) is 3.94. The number of aromatic nitrogens is 2. The normalized spacial score (nSPS) is 18.8. The topological polar surface area (TPSA) is 38.2 Å². The molecule has 0 radical (unpaired) electrons. The number of nitrogens with zero attached hydrogens (tertiary/aromatic N) is 3. The van der Waals surface area contributed by atoms with Gasteiger partial charge in [-0.2, -0.15) is 0 Å². The van der Waals surface area contributed by atoms with Gasteiger partial charge in [-0.25, -0.2) is 13.8 Å². The van der Waals surface area contributed by atoms with Gasteiger partial charge in [0.25, 0.3) is 0 Å². The zero-order valence-corrected chi connectivity index (χ0v) is 12.8. The molecule has 23 heavy (non-hydrogen) atoms. The molecule has 6 heteroatoms. The minimum absolute atomic E-state index is 0.379. The van der Waals surface area contributed by atoms with Crippen molar-refractivity contribution in [1.29, 1.82) is 0 Å². The molecule has 0 saturated carbocycles. The fourth-order valence-corrected chi connectivity index (χ4v) is 2.95. The van der Waals surface area contributed by atoms with Crippen molar-refractivity contribution in [1.82, 2.24) is 14.9 Å². The zero-order chi connectivity index (χ0) is 16.1. The van der Waals surface area contributed by atoms with Crippen LogP contribution in [-0.4, -0.2) is 34.6 Å². The number of ether oxygens (including phenoxy) is 1. The molecule has 1 aromatic carbocycles. The van der Waals surface area contributed by atoms with E-state index in [1.165, 1.54) is 12.1 Å². The summed E-state index contributed by atoms with van der Waals surface area (Å²) in [4.78, 5) is 10.3. The highest BCUT2D eigenvalue weighted by Gasteiger charge is 2.21. The van der Waals surface area contributed by atoms with E-state index in [2.05, 4.69) is 14.9 Å². The second-order valence-corrected chi connectivity index (χ2v) is 5.88. The van der Waals surface area contributed by atoms with Gasteiger partial charge in [-0.1, -0.05) is 0 Å². The quantitative estimate of drug-likeness (QED) is 0.849. The highest BCUT2D eigenvalue weighted by Crippen LogP contribution is 2.20. The van der Waals surface area contributed by atoms with E-state index in [4.69, 9.17) is 4.74 Å². The third kappa shape index (κ3) is 4.69. The van der Waals surface area contributed by atoms with E-state index in [1.807, 2.05) is 0 Å². The van der Waals surface area contributed by atoms with Gasteiger partial charge in [-0.3, -0.25) is 9.88 Å². The predicted molar refractivity (Wildman–Crippen MR) is 81.9 cm³/mol. The van der Waals surface area contributed by atoms with E-state index in [9.17, 15) is 8.78 Å². The summed E-state index contributed by atoms with van der Waals surface area (Å²) in [5.74, 6) is -0.153. The molecule has 1 aliphatic heterocycles. The van der Waals surface area contributed by atoms with E-state index in [1.54, 1.807) is 18.6 Å². The van der Waals surface area contributed by atoms with Gasteiger partial charge < -0.3 is 4.74 Å². The number of halogens is 2. The number of likely N-dealkylation sites (tertiary alicyclic amines) is 1. The summed E-state index contributed by atoms with van der Waals surface area (Å²) in [7, 11) is 0. The maximum absolute atomic E-state index is 13.3. The number of piperidine rings is 1. The van der Waals surface area contributed by atoms with Crippen LogP contribution in [0.5, 0.6) is 5.88 Å². The summed E-state index contributed by atoms with van der Waals surface area (Å²) in [6.07, 6.45) is 6.92. The minimum atomic E-state index is -0.528. The first-order valence-electron chi connectivity index (χ1n) is 7.75. The van der Waals surface area contributed by atoms with Crippen molar-refractivity contribution in [2.75, 3.05) is 19.7 Å². The standard InChI is InChI=1S/C17H19F2N3O/c18-15-6-14(7-16(19)8-15)11-22-5-1-2-13(10-22)12-23-17-9-20-3-4-21-17/h3-4,6-9,13H,1-2,5,10-12H2. The van der Waals surface area contributed by atoms with E-state index >= 15 is 0 Å². The summed E-state index contributed by atoms with van der Waals surface area (Å²) in [6, 6.07) is 3.68. The van der Waals surface area contributed by atoms with Crippen molar-refractivity contribution in [3.8, 4) is 5.88 Å². The van der Waals surface area contributed by atoms with Crippen LogP contribution in [0, 0.1) is 17.6 Å². The second-order valence-electron chi connectivity index (χ2n) is 5.88. The van der Waals surface area contributed by atoms with Crippen molar-refractivity contribution in [2.45, 2.75) is 19.4 Å². The lowest BCUT2D eigenvalue weighted by atomic mass is 9.98. The highest BCUT2D eigenvalue weighted by atomic mass is 19.1. The number of hydrogen-bond acceptors (Lipinski definition) is 4. The summed E-state index contributed by atoms with van der Waals surface area (Å²) >= 11 is 0. The average Bonchev–Trinajstić information content (AvgIpc) is 2.53. The molecule has 122 valence electrons. The first-order valence-corrected chi connectivity index (χ1v) is 7.75. The van der Waals surface area contributed by atoms with Gasteiger partial charge in [0.2, 0.25) is 5.88 Å². The molecule has 4 nitrogen and oxygen atoms in total. The molecule has 1 unspecified atom stereocenters. The highest BCUT2D eigenvalue weighted by molar-refractivity contribution is 5.17. The van der Waals surface area contributed by atoms with Crippen LogP contribution in [0.2, 0.25) is 0 Å². The molecular weight excluding hydrogens is 300 g/mol. The molecule has 1 atom stereocenters. The van der Waals surface area contributed by atoms with E-state index < -0.39 is 11.6 Å². The van der Waals surface area contributed by atoms with Gasteiger partial charge in [0.15, 0.2) is 0 Å². The Morgan fingerprint density at radius 2 is 2.00 bits per heavy atom. The Labute approximate surface area is 134 Å². The van der Waals surface area contributed by atoms with Crippen molar-refractivity contribution in [2.24, 2.45) is 5.92 Å². The van der Waals surface area contributed by atoms with Crippen molar-refractivity contribution < 1.29 is 13.5 Å². The molecule has 1 fully saturated rings. The third-order valence-corrected chi connectivity index (χ3v) is 3.94. The predicted octanol–water partition coefficient (Wildman–Crippen LogP) is 3.05. The Hall–Kier alpha value is -2.08.